The predicted octanol–water partition coefficient (Wildman–Crippen LogP) is 4.87. The van der Waals surface area contributed by atoms with Crippen LogP contribution in [0.4, 0.5) is 5.69 Å². The van der Waals surface area contributed by atoms with Crippen molar-refractivity contribution in [1.82, 2.24) is 35.1 Å². The van der Waals surface area contributed by atoms with Gasteiger partial charge in [0.1, 0.15) is 11.0 Å². The van der Waals surface area contributed by atoms with Crippen LogP contribution in [0.15, 0.2) is 48.9 Å². The Bertz CT molecular complexity index is 1450. The molecule has 1 fully saturated rings. The number of fused-ring (bicyclic) bond motifs is 2. The molecule has 1 amide bonds. The molecule has 1 aliphatic rings. The van der Waals surface area contributed by atoms with E-state index in [1.54, 1.807) is 18.6 Å². The highest BCUT2D eigenvalue weighted by atomic mass is 16.1. The minimum atomic E-state index is 0.0462. The van der Waals surface area contributed by atoms with Crippen molar-refractivity contribution in [3.63, 3.8) is 0 Å². The molecule has 34 heavy (non-hydrogen) atoms. The van der Waals surface area contributed by atoms with Gasteiger partial charge in [-0.2, -0.15) is 5.10 Å². The lowest BCUT2D eigenvalue weighted by atomic mass is 9.87. The summed E-state index contributed by atoms with van der Waals surface area (Å²) in [5, 5.41) is 10.5. The van der Waals surface area contributed by atoms with Gasteiger partial charge in [0.25, 0.3) is 0 Å². The van der Waals surface area contributed by atoms with Gasteiger partial charge in [0.2, 0.25) is 5.91 Å². The van der Waals surface area contributed by atoms with Crippen LogP contribution < -0.4 is 5.32 Å². The van der Waals surface area contributed by atoms with Gasteiger partial charge < -0.3 is 10.3 Å². The zero-order valence-corrected chi connectivity index (χ0v) is 18.6. The van der Waals surface area contributed by atoms with Gasteiger partial charge in [-0.15, -0.1) is 0 Å². The quantitative estimate of drug-likeness (QED) is 0.349. The Morgan fingerprint density at radius 3 is 2.88 bits per heavy atom. The van der Waals surface area contributed by atoms with Gasteiger partial charge in [-0.05, 0) is 49.1 Å². The Balaban J connectivity index is 1.27. The van der Waals surface area contributed by atoms with Crippen LogP contribution in [0.5, 0.6) is 0 Å². The Kier molecular flexibility index (Phi) is 5.21. The number of nitrogens with one attached hydrogen (secondary N) is 3. The molecule has 0 unspecified atom stereocenters. The van der Waals surface area contributed by atoms with E-state index in [9.17, 15) is 4.79 Å². The molecule has 5 aromatic heterocycles. The van der Waals surface area contributed by atoms with Crippen molar-refractivity contribution in [3.8, 4) is 22.8 Å². The van der Waals surface area contributed by atoms with E-state index in [1.807, 2.05) is 30.3 Å². The van der Waals surface area contributed by atoms with Crippen molar-refractivity contribution in [1.29, 1.82) is 0 Å². The fourth-order valence-corrected chi connectivity index (χ4v) is 4.69. The fourth-order valence-electron chi connectivity index (χ4n) is 4.69. The smallest absolute Gasteiger partial charge is 0.224 e. The van der Waals surface area contributed by atoms with Crippen LogP contribution in [-0.2, 0) is 4.79 Å². The van der Waals surface area contributed by atoms with Crippen LogP contribution in [0, 0.1) is 5.92 Å². The second-order valence-electron chi connectivity index (χ2n) is 8.84. The van der Waals surface area contributed by atoms with Crippen LogP contribution >= 0.6 is 0 Å². The number of aromatic amines is 2. The zero-order chi connectivity index (χ0) is 22.9. The molecule has 5 heterocycles. The molecule has 0 saturated heterocycles. The number of H-pyrrole nitrogens is 2. The van der Waals surface area contributed by atoms with Crippen molar-refractivity contribution in [3.05, 3.63) is 48.9 Å². The number of pyridine rings is 3. The number of anilines is 1. The molecule has 9 nitrogen and oxygen atoms in total. The molecule has 0 aromatic carbocycles. The molecule has 3 N–H and O–H groups in total. The zero-order valence-electron chi connectivity index (χ0n) is 18.6. The molecule has 0 spiro atoms. The third kappa shape index (κ3) is 4.00. The molecule has 1 aliphatic carbocycles. The Labute approximate surface area is 195 Å². The fraction of sp³-hybridized carbons (Fsp3) is 0.280. The molecule has 0 bridgehead atoms. The summed E-state index contributed by atoms with van der Waals surface area (Å²) in [6.45, 7) is 0. The number of hydrogen-bond acceptors (Lipinski definition) is 6. The first kappa shape index (κ1) is 20.5. The maximum absolute atomic E-state index is 12.6. The van der Waals surface area contributed by atoms with Gasteiger partial charge >= 0.3 is 0 Å². The first-order valence-corrected chi connectivity index (χ1v) is 11.6. The topological polar surface area (TPSA) is 125 Å². The minimum Gasteiger partial charge on any atom is -0.325 e. The van der Waals surface area contributed by atoms with E-state index >= 15 is 0 Å². The SMILES string of the molecule is O=C(CC1CCCCC1)Nc1cncc(-c2ccc3[nH]nc(-c4nc5cccnc5[nH]4)c3n2)c1. The van der Waals surface area contributed by atoms with Gasteiger partial charge in [0.05, 0.1) is 23.1 Å². The maximum atomic E-state index is 12.6. The van der Waals surface area contributed by atoms with Crippen LogP contribution in [0.25, 0.3) is 45.0 Å². The summed E-state index contributed by atoms with van der Waals surface area (Å²) < 4.78 is 0. The van der Waals surface area contributed by atoms with E-state index < -0.39 is 0 Å². The molecule has 0 atom stereocenters. The van der Waals surface area contributed by atoms with Crippen LogP contribution in [-0.4, -0.2) is 41.0 Å². The average molecular weight is 453 g/mol. The second kappa shape index (κ2) is 8.66. The van der Waals surface area contributed by atoms with Crippen molar-refractivity contribution in [2.24, 2.45) is 5.92 Å². The normalized spacial score (nSPS) is 14.6. The van der Waals surface area contributed by atoms with Crippen molar-refractivity contribution < 1.29 is 4.79 Å². The van der Waals surface area contributed by atoms with E-state index in [2.05, 4.69) is 35.5 Å². The Morgan fingerprint density at radius 1 is 1.09 bits per heavy atom. The van der Waals surface area contributed by atoms with E-state index in [1.165, 1.54) is 19.3 Å². The number of amides is 1. The maximum Gasteiger partial charge on any atom is 0.224 e. The minimum absolute atomic E-state index is 0.0462. The summed E-state index contributed by atoms with van der Waals surface area (Å²) >= 11 is 0. The molecular formula is C25H24N8O. The van der Waals surface area contributed by atoms with Crippen molar-refractivity contribution >= 4 is 33.8 Å². The molecule has 0 aliphatic heterocycles. The average Bonchev–Trinajstić information content (AvgIpc) is 3.48. The third-order valence-corrected chi connectivity index (χ3v) is 6.40. The predicted molar refractivity (Wildman–Crippen MR) is 130 cm³/mol. The van der Waals surface area contributed by atoms with Crippen LogP contribution in [0.1, 0.15) is 38.5 Å². The molecule has 6 rings (SSSR count). The highest BCUT2D eigenvalue weighted by Crippen LogP contribution is 2.29. The Morgan fingerprint density at radius 2 is 2.00 bits per heavy atom. The molecule has 9 heteroatoms. The van der Waals surface area contributed by atoms with Gasteiger partial charge in [0, 0.05) is 24.4 Å². The van der Waals surface area contributed by atoms with E-state index in [-0.39, 0.29) is 5.91 Å². The lowest BCUT2D eigenvalue weighted by Crippen LogP contribution is -2.18. The van der Waals surface area contributed by atoms with Gasteiger partial charge in [-0.3, -0.25) is 14.9 Å². The van der Waals surface area contributed by atoms with Crippen LogP contribution in [0.3, 0.4) is 0 Å². The first-order valence-electron chi connectivity index (χ1n) is 11.6. The lowest BCUT2D eigenvalue weighted by Gasteiger charge is -2.20. The monoisotopic (exact) mass is 452 g/mol. The first-order chi connectivity index (χ1) is 16.7. The molecule has 5 aromatic rings. The summed E-state index contributed by atoms with van der Waals surface area (Å²) in [4.78, 5) is 33.9. The lowest BCUT2D eigenvalue weighted by molar-refractivity contribution is -0.117. The number of carbonyl (C=O) groups is 1. The standard InChI is InChI=1S/C25H24N8O/c34-21(11-15-5-2-1-3-6-15)28-17-12-16(13-26-14-17)18-8-9-19-22(29-18)23(33-32-19)25-30-20-7-4-10-27-24(20)31-25/h4,7-10,12-15H,1-3,5-6,11H2,(H,28,34)(H,32,33)(H,27,30,31). The number of hydrogen-bond donors (Lipinski definition) is 3. The highest BCUT2D eigenvalue weighted by Gasteiger charge is 2.18. The highest BCUT2D eigenvalue weighted by molar-refractivity contribution is 5.92. The number of nitrogens with zero attached hydrogens (tertiary/aromatic N) is 5. The molecule has 170 valence electrons. The second-order valence-corrected chi connectivity index (χ2v) is 8.84. The van der Waals surface area contributed by atoms with Gasteiger partial charge in [-0.1, -0.05) is 19.3 Å². The van der Waals surface area contributed by atoms with Crippen LogP contribution in [0.2, 0.25) is 0 Å². The van der Waals surface area contributed by atoms with Gasteiger partial charge in [0.15, 0.2) is 17.2 Å². The number of imidazole rings is 1. The molecule has 1 saturated carbocycles. The summed E-state index contributed by atoms with van der Waals surface area (Å²) in [6.07, 6.45) is 11.7. The number of rotatable bonds is 5. The molecular weight excluding hydrogens is 428 g/mol. The summed E-state index contributed by atoms with van der Waals surface area (Å²) in [7, 11) is 0. The Hall–Kier alpha value is -4.14. The summed E-state index contributed by atoms with van der Waals surface area (Å²) in [5.41, 5.74) is 5.82. The summed E-state index contributed by atoms with van der Waals surface area (Å²) in [6, 6.07) is 9.50. The summed E-state index contributed by atoms with van der Waals surface area (Å²) in [5.74, 6) is 1.14. The third-order valence-electron chi connectivity index (χ3n) is 6.40. The number of aromatic nitrogens is 7. The van der Waals surface area contributed by atoms with E-state index in [4.69, 9.17) is 4.98 Å². The molecule has 0 radical (unpaired) electrons. The largest absolute Gasteiger partial charge is 0.325 e. The van der Waals surface area contributed by atoms with E-state index in [0.717, 1.165) is 35.1 Å². The van der Waals surface area contributed by atoms with E-state index in [0.29, 0.717) is 40.7 Å². The van der Waals surface area contributed by atoms with Crippen molar-refractivity contribution in [2.45, 2.75) is 38.5 Å². The number of carbonyl (C=O) groups excluding carboxylic acids is 1. The van der Waals surface area contributed by atoms with Crippen molar-refractivity contribution in [2.75, 3.05) is 5.32 Å². The van der Waals surface area contributed by atoms with Gasteiger partial charge in [-0.25, -0.2) is 15.0 Å².